The summed E-state index contributed by atoms with van der Waals surface area (Å²) in [6.07, 6.45) is 0. The van der Waals surface area contributed by atoms with E-state index in [1.165, 1.54) is 4.31 Å². The fourth-order valence-electron chi connectivity index (χ4n) is 3.95. The highest BCUT2D eigenvalue weighted by Gasteiger charge is 2.28. The lowest BCUT2D eigenvalue weighted by Crippen LogP contribution is -2.41. The van der Waals surface area contributed by atoms with Crippen LogP contribution in [-0.4, -0.2) is 52.0 Å². The van der Waals surface area contributed by atoms with Gasteiger partial charge in [0.2, 0.25) is 15.9 Å². The molecule has 1 saturated heterocycles. The minimum absolute atomic E-state index is 0.133. The zero-order chi connectivity index (χ0) is 23.4. The molecule has 1 amide bonds. The van der Waals surface area contributed by atoms with Crippen LogP contribution in [0.3, 0.4) is 0 Å². The standard InChI is InChI=1S/C25H28N2O5S/c1-18(19-7-8-21-16-23(31-2)10-9-20(21)15-19)25(28)26-17-22-5-3-4-6-24(22)33(29,30)27-11-13-32-14-12-27/h3-10,15-16,18H,11-14,17H2,1-2H3,(H,26,28)/t18-/m1/s1. The summed E-state index contributed by atoms with van der Waals surface area (Å²) >= 11 is 0. The maximum atomic E-state index is 13.1. The third-order valence-corrected chi connectivity index (χ3v) is 7.98. The van der Waals surface area contributed by atoms with Gasteiger partial charge in [-0.2, -0.15) is 4.31 Å². The van der Waals surface area contributed by atoms with Crippen LogP contribution in [0.25, 0.3) is 10.8 Å². The summed E-state index contributed by atoms with van der Waals surface area (Å²) in [5.41, 5.74) is 1.45. The van der Waals surface area contributed by atoms with Crippen molar-refractivity contribution in [2.24, 2.45) is 0 Å². The molecule has 1 aliphatic heterocycles. The van der Waals surface area contributed by atoms with Gasteiger partial charge in [0.05, 0.1) is 31.1 Å². The Bertz CT molecular complexity index is 1250. The van der Waals surface area contributed by atoms with E-state index in [4.69, 9.17) is 9.47 Å². The van der Waals surface area contributed by atoms with Gasteiger partial charge in [-0.25, -0.2) is 8.42 Å². The van der Waals surface area contributed by atoms with Gasteiger partial charge in [0.15, 0.2) is 0 Å². The van der Waals surface area contributed by atoms with Gasteiger partial charge < -0.3 is 14.8 Å². The topological polar surface area (TPSA) is 84.9 Å². The smallest absolute Gasteiger partial charge is 0.243 e. The number of carbonyl (C=O) groups excluding carboxylic acids is 1. The summed E-state index contributed by atoms with van der Waals surface area (Å²) in [7, 11) is -2.02. The first-order chi connectivity index (χ1) is 15.9. The van der Waals surface area contributed by atoms with Crippen molar-refractivity contribution in [2.75, 3.05) is 33.4 Å². The van der Waals surface area contributed by atoms with Crippen molar-refractivity contribution < 1.29 is 22.7 Å². The minimum Gasteiger partial charge on any atom is -0.497 e. The van der Waals surface area contributed by atoms with Gasteiger partial charge in [-0.3, -0.25) is 4.79 Å². The van der Waals surface area contributed by atoms with Gasteiger partial charge in [-0.05, 0) is 47.0 Å². The van der Waals surface area contributed by atoms with Gasteiger partial charge in [0.25, 0.3) is 0 Å². The maximum absolute atomic E-state index is 13.1. The first kappa shape index (κ1) is 23.2. The summed E-state index contributed by atoms with van der Waals surface area (Å²) in [6, 6.07) is 18.5. The SMILES string of the molecule is COc1ccc2cc([C@@H](C)C(=O)NCc3ccccc3S(=O)(=O)N3CCOCC3)ccc2c1. The highest BCUT2D eigenvalue weighted by molar-refractivity contribution is 7.89. The first-order valence-electron chi connectivity index (χ1n) is 10.9. The molecular weight excluding hydrogens is 440 g/mol. The number of hydrogen-bond donors (Lipinski definition) is 1. The first-order valence-corrected chi connectivity index (χ1v) is 12.4. The van der Waals surface area contributed by atoms with E-state index in [2.05, 4.69) is 5.32 Å². The molecule has 174 valence electrons. The number of nitrogens with zero attached hydrogens (tertiary/aromatic N) is 1. The summed E-state index contributed by atoms with van der Waals surface area (Å²) < 4.78 is 38.2. The lowest BCUT2D eigenvalue weighted by atomic mass is 9.97. The second kappa shape index (κ2) is 9.91. The molecule has 1 fully saturated rings. The van der Waals surface area contributed by atoms with Crippen LogP contribution in [0.1, 0.15) is 24.0 Å². The number of fused-ring (bicyclic) bond motifs is 1. The molecule has 7 nitrogen and oxygen atoms in total. The Morgan fingerprint density at radius 2 is 1.76 bits per heavy atom. The number of rotatable bonds is 7. The average molecular weight is 469 g/mol. The van der Waals surface area contributed by atoms with Crippen molar-refractivity contribution in [2.45, 2.75) is 24.3 Å². The lowest BCUT2D eigenvalue weighted by molar-refractivity contribution is -0.122. The zero-order valence-electron chi connectivity index (χ0n) is 18.8. The van der Waals surface area contributed by atoms with E-state index in [9.17, 15) is 13.2 Å². The van der Waals surface area contributed by atoms with Crippen molar-refractivity contribution in [3.8, 4) is 5.75 Å². The van der Waals surface area contributed by atoms with Crippen LogP contribution in [0.5, 0.6) is 5.75 Å². The molecule has 1 heterocycles. The summed E-state index contributed by atoms with van der Waals surface area (Å²) in [6.45, 7) is 3.40. The Hall–Kier alpha value is -2.94. The summed E-state index contributed by atoms with van der Waals surface area (Å²) in [5.74, 6) is 0.229. The zero-order valence-corrected chi connectivity index (χ0v) is 19.6. The molecule has 4 rings (SSSR count). The van der Waals surface area contributed by atoms with E-state index in [-0.39, 0.29) is 23.3 Å². The van der Waals surface area contributed by atoms with Crippen molar-refractivity contribution >= 4 is 26.7 Å². The van der Waals surface area contributed by atoms with E-state index in [0.29, 0.717) is 31.9 Å². The summed E-state index contributed by atoms with van der Waals surface area (Å²) in [4.78, 5) is 13.1. The number of benzene rings is 3. The number of amides is 1. The molecule has 0 bridgehead atoms. The highest BCUT2D eigenvalue weighted by atomic mass is 32.2. The normalized spacial score (nSPS) is 15.8. The third kappa shape index (κ3) is 5.03. The van der Waals surface area contributed by atoms with Crippen LogP contribution in [-0.2, 0) is 26.1 Å². The fourth-order valence-corrected chi connectivity index (χ4v) is 5.58. The number of nitrogens with one attached hydrogen (secondary N) is 1. The van der Waals surface area contributed by atoms with E-state index >= 15 is 0 Å². The predicted octanol–water partition coefficient (Wildman–Crippen LogP) is 3.29. The molecule has 33 heavy (non-hydrogen) atoms. The third-order valence-electron chi connectivity index (χ3n) is 5.98. The molecule has 0 spiro atoms. The van der Waals surface area contributed by atoms with Gasteiger partial charge in [-0.1, -0.05) is 42.5 Å². The van der Waals surface area contributed by atoms with Crippen LogP contribution in [0.2, 0.25) is 0 Å². The second-order valence-corrected chi connectivity index (χ2v) is 9.94. The average Bonchev–Trinajstić information content (AvgIpc) is 2.86. The van der Waals surface area contributed by atoms with Crippen LogP contribution in [0, 0.1) is 0 Å². The maximum Gasteiger partial charge on any atom is 0.243 e. The Balaban J connectivity index is 1.48. The minimum atomic E-state index is -3.65. The Labute approximate surface area is 194 Å². The van der Waals surface area contributed by atoms with Gasteiger partial charge in [-0.15, -0.1) is 0 Å². The van der Waals surface area contributed by atoms with Crippen molar-refractivity contribution in [3.63, 3.8) is 0 Å². The molecular formula is C25H28N2O5S. The number of ether oxygens (including phenoxy) is 2. The predicted molar refractivity (Wildman–Crippen MR) is 127 cm³/mol. The molecule has 0 saturated carbocycles. The van der Waals surface area contributed by atoms with Crippen molar-refractivity contribution in [3.05, 3.63) is 71.8 Å². The van der Waals surface area contributed by atoms with Gasteiger partial charge in [0.1, 0.15) is 5.75 Å². The number of sulfonamides is 1. The van der Waals surface area contributed by atoms with Crippen molar-refractivity contribution in [1.29, 1.82) is 0 Å². The molecule has 1 N–H and O–H groups in total. The van der Waals surface area contributed by atoms with E-state index in [1.807, 2.05) is 43.3 Å². The molecule has 1 atom stereocenters. The van der Waals surface area contributed by atoms with Crippen molar-refractivity contribution in [1.82, 2.24) is 9.62 Å². The summed E-state index contributed by atoms with van der Waals surface area (Å²) in [5, 5.41) is 4.97. The number of morpholine rings is 1. The lowest BCUT2D eigenvalue weighted by Gasteiger charge is -2.27. The largest absolute Gasteiger partial charge is 0.497 e. The molecule has 3 aromatic carbocycles. The molecule has 0 unspecified atom stereocenters. The molecule has 0 aliphatic carbocycles. The van der Waals surface area contributed by atoms with Gasteiger partial charge in [0, 0.05) is 19.6 Å². The Morgan fingerprint density at radius 1 is 1.06 bits per heavy atom. The second-order valence-electron chi connectivity index (χ2n) is 8.04. The molecule has 1 aliphatic rings. The van der Waals surface area contributed by atoms with E-state index < -0.39 is 10.0 Å². The highest BCUT2D eigenvalue weighted by Crippen LogP contribution is 2.26. The molecule has 0 radical (unpaired) electrons. The van der Waals surface area contributed by atoms with E-state index in [1.54, 1.807) is 31.4 Å². The molecule has 0 aromatic heterocycles. The molecule has 8 heteroatoms. The number of carbonyl (C=O) groups is 1. The van der Waals surface area contributed by atoms with Crippen LogP contribution < -0.4 is 10.1 Å². The van der Waals surface area contributed by atoms with E-state index in [0.717, 1.165) is 22.1 Å². The number of methoxy groups -OCH3 is 1. The van der Waals surface area contributed by atoms with Crippen LogP contribution in [0.4, 0.5) is 0 Å². The Kier molecular flexibility index (Phi) is 6.97. The van der Waals surface area contributed by atoms with Crippen LogP contribution in [0.15, 0.2) is 65.6 Å². The van der Waals surface area contributed by atoms with Gasteiger partial charge >= 0.3 is 0 Å². The Morgan fingerprint density at radius 3 is 2.52 bits per heavy atom. The molecule has 3 aromatic rings. The fraction of sp³-hybridized carbons (Fsp3) is 0.320. The monoisotopic (exact) mass is 468 g/mol. The van der Waals surface area contributed by atoms with Crippen LogP contribution >= 0.6 is 0 Å². The number of hydrogen-bond acceptors (Lipinski definition) is 5. The quantitative estimate of drug-likeness (QED) is 0.575.